The molecule has 4 fully saturated rings. The summed E-state index contributed by atoms with van der Waals surface area (Å²) in [7, 11) is 0. The molecule has 2 atom stereocenters. The molecule has 4 saturated heterocycles. The van der Waals surface area contributed by atoms with Crippen LogP contribution in [0, 0.1) is 68.6 Å². The SMILES string of the molecule is Cc1ccccc1C(=O)Nc1nc(NC(=O)c2ccccc2C)n(-c2ccc(N3CCNCC3)cc2)n1.Cc1ccccc1C(=O)Nc1nc(NC(=O)c2ccccc2C)n(-c2ccc(N3CCOCC3)cc2)n1.O=C(Nc1nc(NC(=O)C2CCCNC2)n(-c2ccccc2)n1)C1CCCNC1.O=C(Nc1nc(NC(=O)c2c(F)c(F)c(F)c(F)c2F)n(-c2ccccc2)n1)c1ccccc1. The molecular formula is C98H96F5N25O9. The summed E-state index contributed by atoms with van der Waals surface area (Å²) in [6.07, 6.45) is 3.63. The van der Waals surface area contributed by atoms with E-state index in [4.69, 9.17) is 4.74 Å². The third kappa shape index (κ3) is 23.8. The van der Waals surface area contributed by atoms with Gasteiger partial charge in [-0.25, -0.2) is 22.0 Å². The third-order valence-corrected chi connectivity index (χ3v) is 22.7. The predicted molar refractivity (Wildman–Crippen MR) is 507 cm³/mol. The van der Waals surface area contributed by atoms with Crippen molar-refractivity contribution in [2.75, 3.05) is 131 Å². The Bertz CT molecular complexity index is 6420. The second-order valence-electron chi connectivity index (χ2n) is 32.1. The van der Waals surface area contributed by atoms with Crippen LogP contribution >= 0.6 is 0 Å². The number of rotatable bonds is 22. The first-order valence-corrected chi connectivity index (χ1v) is 44.2. The number of carbonyl (C=O) groups excluding carboxylic acids is 8. The van der Waals surface area contributed by atoms with Gasteiger partial charge in [-0.05, 0) is 198 Å². The van der Waals surface area contributed by atoms with E-state index in [2.05, 4.69) is 103 Å². The van der Waals surface area contributed by atoms with Gasteiger partial charge < -0.3 is 30.5 Å². The van der Waals surface area contributed by atoms with Crippen LogP contribution in [0.25, 0.3) is 22.7 Å². The number of aromatic nitrogens is 12. The second-order valence-corrected chi connectivity index (χ2v) is 32.1. The normalized spacial score (nSPS) is 14.5. The first kappa shape index (κ1) is 95.2. The molecule has 702 valence electrons. The molecular weight excluding hydrogens is 1770 g/mol. The third-order valence-electron chi connectivity index (χ3n) is 22.7. The van der Waals surface area contributed by atoms with E-state index in [0.717, 1.165) is 122 Å². The molecule has 0 saturated carbocycles. The van der Waals surface area contributed by atoms with Crippen LogP contribution in [-0.2, 0) is 14.3 Å². The first-order valence-electron chi connectivity index (χ1n) is 44.2. The monoisotopic (exact) mass is 1860 g/mol. The zero-order valence-electron chi connectivity index (χ0n) is 74.8. The summed E-state index contributed by atoms with van der Waals surface area (Å²) in [6.45, 7) is 17.5. The number of benzene rings is 10. The number of para-hydroxylation sites is 2. The maximum absolute atomic E-state index is 14.1. The minimum atomic E-state index is -2.40. The fourth-order valence-electron chi connectivity index (χ4n) is 15.3. The standard InChI is InChI=1S/C28H29N7O2.C28H28N6O3.C22H12F5N5O2.C20H27N7O2/c1-19-7-3-5-9-23(19)25(36)30-27-32-28(31-26(37)24-10-6-4-8-20(24)2)35(33-27)22-13-11-21(12-14-22)34-17-15-29-16-18-34;1-19-7-3-5-9-23(19)25(35)29-27-31-28(30-26(36)24-10-6-4-8-20(24)2)34(32-27)22-13-11-21(12-14-22)33-15-17-37-18-16-33;23-14-13(15(24)17(26)18(27)16(14)25)20(34)29-22-30-21(28-19(33)11-7-3-1-4-8-11)31-32(22)12-9-5-2-6-10-12;28-17(14-6-4-10-21-12-14)23-19-25-20(24-18(29)15-7-5-11-22-13-15)27(26-19)16-8-2-1-3-9-16/h3-14,29H,15-18H2,1-2H3,(H2,30,31,32,33,36,37);3-14H,15-18H2,1-2H3,(H2,29,30,31,32,35,36);1-10H,(H2,28,29,30,31,33,34);1-3,8-9,14-15,21-22H,4-7,10-13H2,(H2,23,24,25,26,28,29). The zero-order valence-corrected chi connectivity index (χ0v) is 74.8. The number of carbonyl (C=O) groups is 8. The van der Waals surface area contributed by atoms with Gasteiger partial charge >= 0.3 is 0 Å². The highest BCUT2D eigenvalue weighted by atomic mass is 19.2. The molecule has 8 amide bonds. The topological polar surface area (TPSA) is 407 Å². The summed E-state index contributed by atoms with van der Waals surface area (Å²) in [6, 6.07) is 70.4. The second kappa shape index (κ2) is 44.9. The van der Waals surface area contributed by atoms with Gasteiger partial charge in [0.15, 0.2) is 23.3 Å². The van der Waals surface area contributed by atoms with Crippen LogP contribution in [0.15, 0.2) is 237 Å². The van der Waals surface area contributed by atoms with Crippen LogP contribution in [-0.4, -0.2) is 185 Å². The molecule has 14 aromatic rings. The van der Waals surface area contributed by atoms with Crippen LogP contribution in [0.1, 0.15) is 110 Å². The number of nitrogens with one attached hydrogen (secondary N) is 11. The predicted octanol–water partition coefficient (Wildman–Crippen LogP) is 13.6. The lowest BCUT2D eigenvalue weighted by Crippen LogP contribution is -2.43. The van der Waals surface area contributed by atoms with Crippen molar-refractivity contribution in [1.29, 1.82) is 0 Å². The lowest BCUT2D eigenvalue weighted by atomic mass is 9.99. The summed E-state index contributed by atoms with van der Waals surface area (Å²) in [5.74, 6) is -15.1. The Morgan fingerprint density at radius 1 is 0.307 bits per heavy atom. The fourth-order valence-corrected chi connectivity index (χ4v) is 15.3. The average molecular weight is 1860 g/mol. The van der Waals surface area contributed by atoms with Gasteiger partial charge in [0.2, 0.25) is 41.4 Å². The minimum absolute atomic E-state index is 0.0869. The molecule has 34 nitrogen and oxygen atoms in total. The highest BCUT2D eigenvalue weighted by Crippen LogP contribution is 2.30. The van der Waals surface area contributed by atoms with E-state index in [1.807, 2.05) is 179 Å². The molecule has 2 unspecified atom stereocenters. The summed E-state index contributed by atoms with van der Waals surface area (Å²) in [4.78, 5) is 124. The summed E-state index contributed by atoms with van der Waals surface area (Å²) >= 11 is 0. The number of nitrogens with zero attached hydrogens (tertiary/aromatic N) is 14. The molecule has 11 N–H and O–H groups in total. The Morgan fingerprint density at radius 3 is 0.978 bits per heavy atom. The quantitative estimate of drug-likeness (QED) is 0.0170. The molecule has 0 spiro atoms. The van der Waals surface area contributed by atoms with E-state index >= 15 is 0 Å². The van der Waals surface area contributed by atoms with Crippen molar-refractivity contribution in [2.45, 2.75) is 53.4 Å². The number of amides is 8. The number of hydrogen-bond acceptors (Lipinski definition) is 22. The van der Waals surface area contributed by atoms with Crippen LogP contribution < -0.4 is 68.3 Å². The Kier molecular flexibility index (Phi) is 31.2. The Hall–Kier alpha value is -16.4. The Labute approximate surface area is 782 Å². The van der Waals surface area contributed by atoms with E-state index in [0.29, 0.717) is 71.6 Å². The summed E-state index contributed by atoms with van der Waals surface area (Å²) in [5.41, 5.74) is 8.74. The van der Waals surface area contributed by atoms with E-state index in [-0.39, 0.29) is 88.5 Å². The molecule has 0 bridgehead atoms. The number of piperidine rings is 2. The van der Waals surface area contributed by atoms with E-state index in [1.165, 1.54) is 33.6 Å². The smallest absolute Gasteiger partial charge is 0.264 e. The van der Waals surface area contributed by atoms with Gasteiger partial charge in [-0.15, -0.1) is 20.4 Å². The van der Waals surface area contributed by atoms with Crippen molar-refractivity contribution in [1.82, 2.24) is 75.0 Å². The number of anilines is 10. The highest BCUT2D eigenvalue weighted by Gasteiger charge is 2.33. The summed E-state index contributed by atoms with van der Waals surface area (Å²) < 4.78 is 79.6. The van der Waals surface area contributed by atoms with Gasteiger partial charge in [-0.1, -0.05) is 127 Å². The van der Waals surface area contributed by atoms with Crippen LogP contribution in [0.2, 0.25) is 0 Å². The van der Waals surface area contributed by atoms with Crippen molar-refractivity contribution in [2.24, 2.45) is 11.8 Å². The van der Waals surface area contributed by atoms with Crippen LogP contribution in [0.5, 0.6) is 0 Å². The van der Waals surface area contributed by atoms with Crippen molar-refractivity contribution in [3.05, 3.63) is 321 Å². The molecule has 4 aliphatic heterocycles. The first-order chi connectivity index (χ1) is 66.5. The number of halogens is 5. The van der Waals surface area contributed by atoms with Gasteiger partial charge in [-0.3, -0.25) is 80.9 Å². The molecule has 137 heavy (non-hydrogen) atoms. The van der Waals surface area contributed by atoms with Crippen LogP contribution in [0.4, 0.5) is 80.9 Å². The maximum Gasteiger partial charge on any atom is 0.264 e. The molecule has 0 aliphatic carbocycles. The van der Waals surface area contributed by atoms with E-state index < -0.39 is 52.4 Å². The Morgan fingerprint density at radius 2 is 0.606 bits per heavy atom. The summed E-state index contributed by atoms with van der Waals surface area (Å²) in [5, 5.41) is 48.7. The molecule has 10 aromatic carbocycles. The fraction of sp³-hybridized carbons (Fsp3) is 0.224. The number of aryl methyl sites for hydroxylation is 4. The Balaban J connectivity index is 0.000000139. The number of piperazine rings is 1. The van der Waals surface area contributed by atoms with Gasteiger partial charge in [0.25, 0.3) is 59.2 Å². The molecule has 4 aliphatic rings. The van der Waals surface area contributed by atoms with Crippen molar-refractivity contribution >= 4 is 106 Å². The lowest BCUT2D eigenvalue weighted by molar-refractivity contribution is -0.121. The average Bonchev–Trinajstić information content (AvgIpc) is 1.78. The van der Waals surface area contributed by atoms with Gasteiger partial charge in [-0.2, -0.15) is 38.7 Å². The van der Waals surface area contributed by atoms with E-state index in [1.54, 1.807) is 71.4 Å². The van der Waals surface area contributed by atoms with Gasteiger partial charge in [0, 0.05) is 91.6 Å². The highest BCUT2D eigenvalue weighted by molar-refractivity contribution is 6.08. The number of ether oxygens (including phenoxy) is 1. The van der Waals surface area contributed by atoms with E-state index in [9.17, 15) is 60.3 Å². The molecule has 18 rings (SSSR count). The number of morpholine rings is 1. The van der Waals surface area contributed by atoms with Crippen molar-refractivity contribution in [3.8, 4) is 22.7 Å². The van der Waals surface area contributed by atoms with Crippen molar-refractivity contribution in [3.63, 3.8) is 0 Å². The molecule has 8 heterocycles. The maximum atomic E-state index is 14.1. The van der Waals surface area contributed by atoms with Crippen LogP contribution in [0.3, 0.4) is 0 Å². The number of hydrogen-bond donors (Lipinski definition) is 11. The molecule has 0 radical (unpaired) electrons. The lowest BCUT2D eigenvalue weighted by Gasteiger charge is -2.29. The zero-order chi connectivity index (χ0) is 96.0. The van der Waals surface area contributed by atoms with Gasteiger partial charge in [0.05, 0.1) is 47.8 Å². The minimum Gasteiger partial charge on any atom is -0.378 e. The molecule has 39 heteroatoms. The van der Waals surface area contributed by atoms with Gasteiger partial charge in [0.1, 0.15) is 5.56 Å². The largest absolute Gasteiger partial charge is 0.378 e. The van der Waals surface area contributed by atoms with Crippen molar-refractivity contribution < 1.29 is 65.0 Å². The molecule has 4 aromatic heterocycles.